The number of allylic oxidation sites excluding steroid dienone is 1. The molecule has 1 unspecified atom stereocenters. The Kier molecular flexibility index (Phi) is 9.08. The van der Waals surface area contributed by atoms with Gasteiger partial charge in [-0.05, 0) is 68.7 Å². The lowest BCUT2D eigenvalue weighted by Gasteiger charge is -2.28. The van der Waals surface area contributed by atoms with Crippen LogP contribution in [0.25, 0.3) is 0 Å². The summed E-state index contributed by atoms with van der Waals surface area (Å²) in [5.74, 6) is 6.47. The van der Waals surface area contributed by atoms with Crippen LogP contribution < -0.4 is 21.6 Å². The second kappa shape index (κ2) is 12.0. The lowest BCUT2D eigenvalue weighted by atomic mass is 9.95. The first kappa shape index (κ1) is 25.0. The number of piperazine rings is 1. The Hall–Kier alpha value is -2.65. The molecule has 2 amide bonds. The smallest absolute Gasteiger partial charge is 0.240 e. The fourth-order valence-electron chi connectivity index (χ4n) is 4.02. The Morgan fingerprint density at radius 2 is 2.03 bits per heavy atom. The summed E-state index contributed by atoms with van der Waals surface area (Å²) >= 11 is 0. The summed E-state index contributed by atoms with van der Waals surface area (Å²) in [4.78, 5) is 24.8. The third-order valence-corrected chi connectivity index (χ3v) is 6.24. The molecule has 2 fully saturated rings. The normalized spacial score (nSPS) is 18.2. The average molecular weight is 462 g/mol. The van der Waals surface area contributed by atoms with Crippen molar-refractivity contribution >= 4 is 11.8 Å². The van der Waals surface area contributed by atoms with Crippen molar-refractivity contribution in [1.82, 2.24) is 15.2 Å². The Balaban J connectivity index is 1.48. The molecule has 1 aliphatic heterocycles. The molecule has 1 aliphatic carbocycles. The lowest BCUT2D eigenvalue weighted by molar-refractivity contribution is -0.136. The first-order valence-corrected chi connectivity index (χ1v) is 11.8. The first-order valence-electron chi connectivity index (χ1n) is 11.8. The van der Waals surface area contributed by atoms with E-state index in [9.17, 15) is 14.0 Å². The van der Waals surface area contributed by atoms with Crippen molar-refractivity contribution in [3.63, 3.8) is 0 Å². The highest BCUT2D eigenvalue weighted by Crippen LogP contribution is 2.32. The van der Waals surface area contributed by atoms with Gasteiger partial charge in [-0.2, -0.15) is 0 Å². The molecule has 0 bridgehead atoms. The molecule has 1 aromatic carbocycles. The van der Waals surface area contributed by atoms with E-state index in [0.717, 1.165) is 43.4 Å². The standard InChI is InChI=1S/C24H36FN5O3/c1-2-18(19-8-9-21(25)22(11-19)33-16-17-6-7-17)13-30(27)20(12-26)5-3-4-10-29-14-23(31)28-24(32)15-29/h8-9,11-12,17-18H,2-7,10,13-16,26-27H2,1H3,(H,28,31,32)/b20-12-. The van der Waals surface area contributed by atoms with Gasteiger partial charge in [0.05, 0.1) is 19.7 Å². The second-order valence-corrected chi connectivity index (χ2v) is 9.00. The Bertz CT molecular complexity index is 843. The van der Waals surface area contributed by atoms with Crippen LogP contribution in [0.5, 0.6) is 5.75 Å². The van der Waals surface area contributed by atoms with Gasteiger partial charge in [0.25, 0.3) is 0 Å². The maximum absolute atomic E-state index is 14.2. The number of ether oxygens (including phenoxy) is 1. The van der Waals surface area contributed by atoms with Crippen molar-refractivity contribution in [2.75, 3.05) is 32.8 Å². The molecule has 1 aromatic rings. The van der Waals surface area contributed by atoms with Crippen LogP contribution in [0.2, 0.25) is 0 Å². The van der Waals surface area contributed by atoms with Gasteiger partial charge in [-0.3, -0.25) is 19.8 Å². The highest BCUT2D eigenvalue weighted by molar-refractivity contribution is 5.99. The van der Waals surface area contributed by atoms with Gasteiger partial charge >= 0.3 is 0 Å². The minimum Gasteiger partial charge on any atom is -0.490 e. The molecule has 0 radical (unpaired) electrons. The molecular weight excluding hydrogens is 425 g/mol. The summed E-state index contributed by atoms with van der Waals surface area (Å²) in [5.41, 5.74) is 7.66. The number of halogens is 1. The third-order valence-electron chi connectivity index (χ3n) is 6.24. The summed E-state index contributed by atoms with van der Waals surface area (Å²) < 4.78 is 19.9. The number of unbranched alkanes of at least 4 members (excludes halogenated alkanes) is 1. The molecule has 9 heteroatoms. The van der Waals surface area contributed by atoms with Gasteiger partial charge < -0.3 is 15.5 Å². The number of carbonyl (C=O) groups is 2. The number of nitrogens with two attached hydrogens (primary N) is 2. The summed E-state index contributed by atoms with van der Waals surface area (Å²) in [6.07, 6.45) is 7.01. The van der Waals surface area contributed by atoms with E-state index in [-0.39, 0.29) is 36.6 Å². The van der Waals surface area contributed by atoms with E-state index in [1.165, 1.54) is 12.3 Å². The quantitative estimate of drug-likeness (QED) is 0.179. The molecule has 5 N–H and O–H groups in total. The molecule has 1 saturated carbocycles. The number of amides is 2. The highest BCUT2D eigenvalue weighted by atomic mass is 19.1. The maximum atomic E-state index is 14.2. The molecule has 2 aliphatic rings. The topological polar surface area (TPSA) is 114 Å². The number of hydrogen-bond acceptors (Lipinski definition) is 7. The number of nitrogens with zero attached hydrogens (tertiary/aromatic N) is 2. The van der Waals surface area contributed by atoms with E-state index in [1.54, 1.807) is 17.1 Å². The molecule has 1 atom stereocenters. The minimum absolute atomic E-state index is 0.103. The van der Waals surface area contributed by atoms with Crippen LogP contribution in [-0.4, -0.2) is 54.5 Å². The number of rotatable bonds is 13. The van der Waals surface area contributed by atoms with E-state index in [2.05, 4.69) is 12.2 Å². The van der Waals surface area contributed by atoms with E-state index >= 15 is 0 Å². The molecular formula is C24H36FN5O3. The molecule has 1 heterocycles. The zero-order chi connectivity index (χ0) is 23.8. The monoisotopic (exact) mass is 461 g/mol. The van der Waals surface area contributed by atoms with Gasteiger partial charge in [-0.25, -0.2) is 10.2 Å². The number of benzene rings is 1. The third kappa shape index (κ3) is 7.71. The number of carbonyl (C=O) groups excluding carboxylic acids is 2. The van der Waals surface area contributed by atoms with Crippen molar-refractivity contribution in [1.29, 1.82) is 0 Å². The van der Waals surface area contributed by atoms with E-state index < -0.39 is 0 Å². The van der Waals surface area contributed by atoms with Gasteiger partial charge in [0.15, 0.2) is 11.6 Å². The molecule has 3 rings (SSSR count). The van der Waals surface area contributed by atoms with Crippen LogP contribution in [0.3, 0.4) is 0 Å². The predicted octanol–water partition coefficient (Wildman–Crippen LogP) is 2.21. The van der Waals surface area contributed by atoms with Crippen LogP contribution in [0.4, 0.5) is 4.39 Å². The number of hydrogen-bond donors (Lipinski definition) is 3. The van der Waals surface area contributed by atoms with Crippen molar-refractivity contribution in [3.05, 3.63) is 41.5 Å². The van der Waals surface area contributed by atoms with Crippen LogP contribution in [0.15, 0.2) is 30.1 Å². The summed E-state index contributed by atoms with van der Waals surface area (Å²) in [7, 11) is 0. The predicted molar refractivity (Wildman–Crippen MR) is 124 cm³/mol. The van der Waals surface area contributed by atoms with Crippen molar-refractivity contribution in [2.24, 2.45) is 17.5 Å². The van der Waals surface area contributed by atoms with Crippen molar-refractivity contribution in [3.8, 4) is 5.75 Å². The number of hydrazine groups is 1. The van der Waals surface area contributed by atoms with E-state index in [1.807, 2.05) is 4.90 Å². The zero-order valence-electron chi connectivity index (χ0n) is 19.4. The first-order chi connectivity index (χ1) is 15.9. The van der Waals surface area contributed by atoms with E-state index in [4.69, 9.17) is 16.3 Å². The average Bonchev–Trinajstić information content (AvgIpc) is 3.61. The largest absolute Gasteiger partial charge is 0.490 e. The fourth-order valence-corrected chi connectivity index (χ4v) is 4.02. The molecule has 33 heavy (non-hydrogen) atoms. The maximum Gasteiger partial charge on any atom is 0.240 e. The molecule has 0 aromatic heterocycles. The van der Waals surface area contributed by atoms with Gasteiger partial charge in [-0.1, -0.05) is 13.0 Å². The summed E-state index contributed by atoms with van der Waals surface area (Å²) in [6, 6.07) is 5.05. The number of imide groups is 1. The van der Waals surface area contributed by atoms with Crippen molar-refractivity contribution in [2.45, 2.75) is 51.4 Å². The summed E-state index contributed by atoms with van der Waals surface area (Å²) in [6.45, 7) is 4.35. The van der Waals surface area contributed by atoms with Crippen molar-refractivity contribution < 1.29 is 18.7 Å². The Morgan fingerprint density at radius 1 is 1.30 bits per heavy atom. The van der Waals surface area contributed by atoms with Gasteiger partial charge in [-0.15, -0.1) is 0 Å². The fraction of sp³-hybridized carbons (Fsp3) is 0.583. The zero-order valence-corrected chi connectivity index (χ0v) is 19.4. The van der Waals surface area contributed by atoms with Gasteiger partial charge in [0, 0.05) is 24.4 Å². The molecule has 1 saturated heterocycles. The Morgan fingerprint density at radius 3 is 2.67 bits per heavy atom. The summed E-state index contributed by atoms with van der Waals surface area (Å²) in [5, 5.41) is 3.97. The molecule has 8 nitrogen and oxygen atoms in total. The minimum atomic E-state index is -0.339. The molecule has 182 valence electrons. The molecule has 0 spiro atoms. The van der Waals surface area contributed by atoms with Gasteiger partial charge in [0.1, 0.15) is 0 Å². The van der Waals surface area contributed by atoms with Crippen LogP contribution in [0.1, 0.15) is 56.9 Å². The highest BCUT2D eigenvalue weighted by Gasteiger charge is 2.24. The lowest BCUT2D eigenvalue weighted by Crippen LogP contribution is -2.51. The Labute approximate surface area is 195 Å². The van der Waals surface area contributed by atoms with Crippen LogP contribution >= 0.6 is 0 Å². The van der Waals surface area contributed by atoms with Gasteiger partial charge in [0.2, 0.25) is 11.8 Å². The van der Waals surface area contributed by atoms with E-state index in [0.29, 0.717) is 37.8 Å². The van der Waals surface area contributed by atoms with Crippen LogP contribution in [0, 0.1) is 11.7 Å². The number of nitrogens with one attached hydrogen (secondary N) is 1. The SMILES string of the molecule is CCC(CN(N)/C(=C\N)CCCCN1CC(=O)NC(=O)C1)c1ccc(F)c(OCC2CC2)c1. The van der Waals surface area contributed by atoms with Crippen LogP contribution in [-0.2, 0) is 9.59 Å². The second-order valence-electron chi connectivity index (χ2n) is 9.00.